The van der Waals surface area contributed by atoms with Gasteiger partial charge in [0.1, 0.15) is 11.7 Å². The van der Waals surface area contributed by atoms with Gasteiger partial charge in [-0.2, -0.15) is 0 Å². The lowest BCUT2D eigenvalue weighted by molar-refractivity contribution is -0.135. The number of piperidine rings is 1. The van der Waals surface area contributed by atoms with Gasteiger partial charge in [0.25, 0.3) is 5.91 Å². The highest BCUT2D eigenvalue weighted by Crippen LogP contribution is 2.29. The number of hydrogen-bond donors (Lipinski definition) is 1. The third kappa shape index (κ3) is 4.06. The predicted octanol–water partition coefficient (Wildman–Crippen LogP) is 1.37. The molecule has 0 aromatic heterocycles. The van der Waals surface area contributed by atoms with Crippen LogP contribution in [0.3, 0.4) is 0 Å². The molecule has 9 heteroatoms. The minimum atomic E-state index is -0.618. The van der Waals surface area contributed by atoms with Crippen molar-refractivity contribution in [2.75, 3.05) is 33.5 Å². The maximum Gasteiger partial charge on any atom is 0.273 e. The number of halogens is 2. The Hall–Kier alpha value is -1.96. The molecule has 0 bridgehead atoms. The van der Waals surface area contributed by atoms with E-state index in [2.05, 4.69) is 4.90 Å². The SMILES string of the molecule is CN1C=C2C(=O)N(C3CCN(C(=O)C(N)c4ccccc4)CC3)CN2C1.Cl.Cl. The van der Waals surface area contributed by atoms with E-state index in [9.17, 15) is 9.59 Å². The Morgan fingerprint density at radius 1 is 1.11 bits per heavy atom. The van der Waals surface area contributed by atoms with Crippen molar-refractivity contribution in [3.63, 3.8) is 0 Å². The van der Waals surface area contributed by atoms with Crippen molar-refractivity contribution in [2.45, 2.75) is 24.9 Å². The lowest BCUT2D eigenvalue weighted by Gasteiger charge is -2.37. The summed E-state index contributed by atoms with van der Waals surface area (Å²) < 4.78 is 0. The topological polar surface area (TPSA) is 73.1 Å². The first-order valence-electron chi connectivity index (χ1n) is 9.12. The van der Waals surface area contributed by atoms with E-state index >= 15 is 0 Å². The number of fused-ring (bicyclic) bond motifs is 1. The molecule has 28 heavy (non-hydrogen) atoms. The summed E-state index contributed by atoms with van der Waals surface area (Å²) in [5.41, 5.74) is 7.78. The number of nitrogens with two attached hydrogens (primary N) is 1. The zero-order valence-corrected chi connectivity index (χ0v) is 17.5. The molecule has 3 heterocycles. The second kappa shape index (κ2) is 9.03. The largest absolute Gasteiger partial charge is 0.361 e. The fourth-order valence-electron chi connectivity index (χ4n) is 4.06. The normalized spacial score (nSPS) is 20.4. The molecule has 0 radical (unpaired) electrons. The molecule has 2 fully saturated rings. The van der Waals surface area contributed by atoms with Crippen LogP contribution in [0.25, 0.3) is 0 Å². The molecule has 2 N–H and O–H groups in total. The number of nitrogens with zero attached hydrogens (tertiary/aromatic N) is 4. The van der Waals surface area contributed by atoms with Crippen LogP contribution >= 0.6 is 24.8 Å². The van der Waals surface area contributed by atoms with Gasteiger partial charge in [-0.15, -0.1) is 24.8 Å². The summed E-state index contributed by atoms with van der Waals surface area (Å²) in [5.74, 6) is 0.0764. The molecule has 1 aromatic carbocycles. The second-order valence-electron chi connectivity index (χ2n) is 7.31. The molecule has 1 unspecified atom stereocenters. The molecule has 0 saturated carbocycles. The van der Waals surface area contributed by atoms with Crippen molar-refractivity contribution in [3.8, 4) is 0 Å². The van der Waals surface area contributed by atoms with Crippen LogP contribution in [0.1, 0.15) is 24.4 Å². The Morgan fingerprint density at radius 2 is 1.75 bits per heavy atom. The van der Waals surface area contributed by atoms with Gasteiger partial charge in [-0.3, -0.25) is 9.59 Å². The summed E-state index contributed by atoms with van der Waals surface area (Å²) in [6.07, 6.45) is 3.52. The molecule has 154 valence electrons. The number of benzene rings is 1. The van der Waals surface area contributed by atoms with E-state index < -0.39 is 6.04 Å². The van der Waals surface area contributed by atoms with Crippen molar-refractivity contribution in [1.82, 2.24) is 19.6 Å². The standard InChI is InChI=1S/C19H25N5O2.2ClH/c1-21-11-16-18(25)24(13-23(16)12-21)15-7-9-22(10-8-15)19(26)17(20)14-5-3-2-4-6-14;;/h2-6,11,15,17H,7-10,12-13,20H2,1H3;2*1H. The quantitative estimate of drug-likeness (QED) is 0.788. The van der Waals surface area contributed by atoms with Gasteiger partial charge in [-0.1, -0.05) is 30.3 Å². The molecule has 0 aliphatic carbocycles. The molecule has 3 aliphatic heterocycles. The van der Waals surface area contributed by atoms with Crippen molar-refractivity contribution in [2.24, 2.45) is 5.73 Å². The Balaban J connectivity index is 0.00000140. The first-order valence-corrected chi connectivity index (χ1v) is 9.12. The lowest BCUT2D eigenvalue weighted by atomic mass is 10.0. The first-order chi connectivity index (χ1) is 12.5. The third-order valence-corrected chi connectivity index (χ3v) is 5.52. The molecular formula is C19H27Cl2N5O2. The summed E-state index contributed by atoms with van der Waals surface area (Å²) in [4.78, 5) is 33.2. The van der Waals surface area contributed by atoms with E-state index in [-0.39, 0.29) is 42.7 Å². The predicted molar refractivity (Wildman–Crippen MR) is 112 cm³/mol. The molecule has 2 saturated heterocycles. The maximum atomic E-state index is 12.7. The van der Waals surface area contributed by atoms with Gasteiger partial charge >= 0.3 is 0 Å². The Bertz CT molecular complexity index is 737. The molecule has 1 atom stereocenters. The molecule has 3 aliphatic rings. The van der Waals surface area contributed by atoms with Crippen LogP contribution in [0, 0.1) is 0 Å². The summed E-state index contributed by atoms with van der Waals surface area (Å²) in [6, 6.07) is 9.05. The van der Waals surface area contributed by atoms with Gasteiger partial charge in [0.2, 0.25) is 5.91 Å². The van der Waals surface area contributed by atoms with Gasteiger partial charge in [0.05, 0.1) is 13.3 Å². The van der Waals surface area contributed by atoms with Crippen LogP contribution in [-0.2, 0) is 9.59 Å². The van der Waals surface area contributed by atoms with Gasteiger partial charge in [-0.25, -0.2) is 0 Å². The van der Waals surface area contributed by atoms with Gasteiger partial charge in [-0.05, 0) is 18.4 Å². The summed E-state index contributed by atoms with van der Waals surface area (Å²) in [5, 5.41) is 0. The Kier molecular flexibility index (Phi) is 7.20. The smallest absolute Gasteiger partial charge is 0.273 e. The number of hydrogen-bond acceptors (Lipinski definition) is 5. The highest BCUT2D eigenvalue weighted by Gasteiger charge is 2.41. The summed E-state index contributed by atoms with van der Waals surface area (Å²) >= 11 is 0. The minimum Gasteiger partial charge on any atom is -0.361 e. The number of amides is 2. The fraction of sp³-hybridized carbons (Fsp3) is 0.474. The average molecular weight is 428 g/mol. The highest BCUT2D eigenvalue weighted by atomic mass is 35.5. The zero-order valence-electron chi connectivity index (χ0n) is 15.9. The van der Waals surface area contributed by atoms with Gasteiger partial charge in [0.15, 0.2) is 0 Å². The van der Waals surface area contributed by atoms with E-state index in [1.807, 2.05) is 58.3 Å². The van der Waals surface area contributed by atoms with Crippen molar-refractivity contribution < 1.29 is 9.59 Å². The molecule has 7 nitrogen and oxygen atoms in total. The van der Waals surface area contributed by atoms with Crippen molar-refractivity contribution >= 4 is 36.6 Å². The average Bonchev–Trinajstić information content (AvgIpc) is 3.18. The van der Waals surface area contributed by atoms with Crippen LogP contribution in [0.2, 0.25) is 0 Å². The molecule has 2 amide bonds. The number of rotatable bonds is 3. The van der Waals surface area contributed by atoms with E-state index in [1.165, 1.54) is 0 Å². The van der Waals surface area contributed by atoms with Crippen LogP contribution in [0.15, 0.2) is 42.2 Å². The lowest BCUT2D eigenvalue weighted by Crippen LogP contribution is -2.49. The Labute approximate surface area is 177 Å². The van der Waals surface area contributed by atoms with Crippen LogP contribution < -0.4 is 5.73 Å². The van der Waals surface area contributed by atoms with E-state index in [0.717, 1.165) is 30.8 Å². The van der Waals surface area contributed by atoms with Crippen LogP contribution in [-0.4, -0.2) is 70.9 Å². The second-order valence-corrected chi connectivity index (χ2v) is 7.31. The number of carbonyl (C=O) groups excluding carboxylic acids is 2. The summed E-state index contributed by atoms with van der Waals surface area (Å²) in [6.45, 7) is 2.71. The van der Waals surface area contributed by atoms with Gasteiger partial charge < -0.3 is 25.3 Å². The van der Waals surface area contributed by atoms with Gasteiger partial charge in [0, 0.05) is 32.4 Å². The van der Waals surface area contributed by atoms with Crippen LogP contribution in [0.4, 0.5) is 0 Å². The highest BCUT2D eigenvalue weighted by molar-refractivity contribution is 5.95. The molecule has 0 spiro atoms. The zero-order chi connectivity index (χ0) is 18.3. The van der Waals surface area contributed by atoms with Crippen LogP contribution in [0.5, 0.6) is 0 Å². The summed E-state index contributed by atoms with van der Waals surface area (Å²) in [7, 11) is 1.98. The number of likely N-dealkylation sites (tertiary alicyclic amines) is 1. The van der Waals surface area contributed by atoms with E-state index in [0.29, 0.717) is 19.8 Å². The van der Waals surface area contributed by atoms with Crippen molar-refractivity contribution in [1.29, 1.82) is 0 Å². The third-order valence-electron chi connectivity index (χ3n) is 5.52. The first kappa shape index (κ1) is 22.3. The molecule has 4 rings (SSSR count). The molecular weight excluding hydrogens is 401 g/mol. The Morgan fingerprint density at radius 3 is 2.36 bits per heavy atom. The maximum absolute atomic E-state index is 12.7. The minimum absolute atomic E-state index is 0. The van der Waals surface area contributed by atoms with Crippen molar-refractivity contribution in [3.05, 3.63) is 47.8 Å². The van der Waals surface area contributed by atoms with E-state index in [1.54, 1.807) is 0 Å². The molecule has 1 aromatic rings. The van der Waals surface area contributed by atoms with E-state index in [4.69, 9.17) is 5.73 Å². The monoisotopic (exact) mass is 427 g/mol. The number of carbonyl (C=O) groups is 2. The fourth-order valence-corrected chi connectivity index (χ4v) is 4.06.